The van der Waals surface area contributed by atoms with E-state index >= 15 is 0 Å². The maximum Gasteiger partial charge on any atom is 0.165 e. The Bertz CT molecular complexity index is 382. The second kappa shape index (κ2) is 6.71. The van der Waals surface area contributed by atoms with Crippen LogP contribution in [0.4, 0.5) is 4.39 Å². The van der Waals surface area contributed by atoms with Crippen LogP contribution in [0.5, 0.6) is 5.75 Å². The number of ether oxygens (including phenoxy) is 1. The van der Waals surface area contributed by atoms with Crippen LogP contribution in [0, 0.1) is 11.7 Å². The van der Waals surface area contributed by atoms with Gasteiger partial charge in [0.1, 0.15) is 0 Å². The van der Waals surface area contributed by atoms with Gasteiger partial charge in [0.05, 0.1) is 19.3 Å². The Hall–Kier alpha value is -1.13. The molecule has 102 valence electrons. The number of hydrogen-bond donors (Lipinski definition) is 2. The summed E-state index contributed by atoms with van der Waals surface area (Å²) in [5, 5.41) is 9.99. The van der Waals surface area contributed by atoms with Crippen LogP contribution in [0.3, 0.4) is 0 Å². The van der Waals surface area contributed by atoms with Crippen LogP contribution in [0.15, 0.2) is 18.2 Å². The van der Waals surface area contributed by atoms with Crippen molar-refractivity contribution in [3.63, 3.8) is 0 Å². The molecule has 18 heavy (non-hydrogen) atoms. The molecular formula is C14H22FNO2. The summed E-state index contributed by atoms with van der Waals surface area (Å²) in [5.74, 6) is 0.249. The molecule has 0 aromatic heterocycles. The van der Waals surface area contributed by atoms with Gasteiger partial charge in [0.2, 0.25) is 0 Å². The first-order valence-corrected chi connectivity index (χ1v) is 6.22. The normalized spacial score (nSPS) is 14.6. The van der Waals surface area contributed by atoms with Gasteiger partial charge in [-0.25, -0.2) is 4.39 Å². The number of halogens is 1. The second-order valence-electron chi connectivity index (χ2n) is 4.96. The molecular weight excluding hydrogens is 233 g/mol. The van der Waals surface area contributed by atoms with Gasteiger partial charge in [0.15, 0.2) is 11.6 Å². The van der Waals surface area contributed by atoms with Crippen molar-refractivity contribution >= 4 is 0 Å². The Kier molecular flexibility index (Phi) is 5.56. The molecule has 0 saturated carbocycles. The largest absolute Gasteiger partial charge is 0.494 e. The van der Waals surface area contributed by atoms with Crippen LogP contribution in [0.1, 0.15) is 38.3 Å². The third-order valence-electron chi connectivity index (χ3n) is 3.01. The first-order valence-electron chi connectivity index (χ1n) is 6.22. The average molecular weight is 255 g/mol. The zero-order valence-corrected chi connectivity index (χ0v) is 11.2. The molecule has 0 heterocycles. The van der Waals surface area contributed by atoms with E-state index in [0.29, 0.717) is 17.9 Å². The molecule has 0 amide bonds. The predicted molar refractivity (Wildman–Crippen MR) is 70.0 cm³/mol. The Balaban J connectivity index is 2.73. The molecule has 0 radical (unpaired) electrons. The summed E-state index contributed by atoms with van der Waals surface area (Å²) in [6, 6.07) is 3.92. The van der Waals surface area contributed by atoms with Gasteiger partial charge in [0, 0.05) is 0 Å². The van der Waals surface area contributed by atoms with Crippen molar-refractivity contribution in [3.05, 3.63) is 29.6 Å². The van der Waals surface area contributed by atoms with Crippen molar-refractivity contribution in [1.82, 2.24) is 0 Å². The van der Waals surface area contributed by atoms with Gasteiger partial charge in [-0.3, -0.25) is 0 Å². The van der Waals surface area contributed by atoms with Gasteiger partial charge in [-0.05, 0) is 36.5 Å². The molecule has 0 bridgehead atoms. The van der Waals surface area contributed by atoms with Gasteiger partial charge in [0.25, 0.3) is 0 Å². The van der Waals surface area contributed by atoms with E-state index in [2.05, 4.69) is 13.8 Å². The molecule has 1 aromatic rings. The fourth-order valence-electron chi connectivity index (χ4n) is 1.79. The van der Waals surface area contributed by atoms with Gasteiger partial charge in [-0.15, -0.1) is 0 Å². The van der Waals surface area contributed by atoms with E-state index in [-0.39, 0.29) is 5.75 Å². The Morgan fingerprint density at radius 1 is 1.33 bits per heavy atom. The highest BCUT2D eigenvalue weighted by Crippen LogP contribution is 2.25. The minimum atomic E-state index is -0.623. The lowest BCUT2D eigenvalue weighted by Gasteiger charge is -2.20. The fourth-order valence-corrected chi connectivity index (χ4v) is 1.79. The van der Waals surface area contributed by atoms with E-state index in [4.69, 9.17) is 10.5 Å². The Labute approximate surface area is 108 Å². The zero-order chi connectivity index (χ0) is 13.7. The summed E-state index contributed by atoms with van der Waals surface area (Å²) in [6.07, 6.45) is 0.925. The summed E-state index contributed by atoms with van der Waals surface area (Å²) in [6.45, 7) is 4.19. The molecule has 0 aliphatic carbocycles. The maximum atomic E-state index is 13.3. The third-order valence-corrected chi connectivity index (χ3v) is 3.01. The number of rotatable bonds is 6. The number of aliphatic hydroxyl groups is 1. The molecule has 4 heteroatoms. The Morgan fingerprint density at radius 2 is 2.00 bits per heavy atom. The van der Waals surface area contributed by atoms with Gasteiger partial charge < -0.3 is 15.6 Å². The molecule has 0 saturated heterocycles. The van der Waals surface area contributed by atoms with Crippen LogP contribution in [0.2, 0.25) is 0 Å². The smallest absolute Gasteiger partial charge is 0.165 e. The number of aliphatic hydroxyl groups excluding tert-OH is 1. The lowest BCUT2D eigenvalue weighted by atomic mass is 9.96. The van der Waals surface area contributed by atoms with Crippen molar-refractivity contribution in [3.8, 4) is 5.75 Å². The quantitative estimate of drug-likeness (QED) is 0.821. The predicted octanol–water partition coefficient (Wildman–Crippen LogP) is 2.63. The highest BCUT2D eigenvalue weighted by atomic mass is 19.1. The van der Waals surface area contributed by atoms with Crippen LogP contribution < -0.4 is 10.5 Å². The summed E-state index contributed by atoms with van der Waals surface area (Å²) < 4.78 is 18.2. The topological polar surface area (TPSA) is 55.5 Å². The number of benzene rings is 1. The highest BCUT2D eigenvalue weighted by molar-refractivity contribution is 5.32. The molecule has 0 spiro atoms. The number of hydrogen-bond acceptors (Lipinski definition) is 3. The highest BCUT2D eigenvalue weighted by Gasteiger charge is 2.18. The minimum Gasteiger partial charge on any atom is -0.494 e. The molecule has 0 fully saturated rings. The van der Waals surface area contributed by atoms with E-state index in [1.807, 2.05) is 0 Å². The van der Waals surface area contributed by atoms with E-state index in [1.165, 1.54) is 13.2 Å². The summed E-state index contributed by atoms with van der Waals surface area (Å²) in [7, 11) is 1.41. The lowest BCUT2D eigenvalue weighted by Crippen LogP contribution is -2.26. The van der Waals surface area contributed by atoms with Crippen molar-refractivity contribution < 1.29 is 14.2 Å². The van der Waals surface area contributed by atoms with Crippen LogP contribution in [-0.2, 0) is 0 Å². The monoisotopic (exact) mass is 255 g/mol. The van der Waals surface area contributed by atoms with E-state index in [1.54, 1.807) is 12.1 Å². The average Bonchev–Trinajstić information content (AvgIpc) is 2.35. The van der Waals surface area contributed by atoms with Gasteiger partial charge in [-0.1, -0.05) is 19.9 Å². The molecule has 2 atom stereocenters. The lowest BCUT2D eigenvalue weighted by molar-refractivity contribution is 0.128. The third kappa shape index (κ3) is 3.96. The minimum absolute atomic E-state index is 0.152. The summed E-state index contributed by atoms with van der Waals surface area (Å²) in [5.41, 5.74) is 6.66. The molecule has 3 N–H and O–H groups in total. The number of methoxy groups -OCH3 is 1. The standard InChI is InChI=1S/C14H22FNO2/c1-9(2)4-7-12(17)14(16)10-5-6-11(15)13(8-10)18-3/h5-6,8-9,12,14,17H,4,7,16H2,1-3H3/t12-,14+/m1/s1. The molecule has 0 aliphatic heterocycles. The van der Waals surface area contributed by atoms with E-state index in [0.717, 1.165) is 6.42 Å². The first-order chi connectivity index (χ1) is 8.45. The molecule has 1 aromatic carbocycles. The van der Waals surface area contributed by atoms with Crippen LogP contribution >= 0.6 is 0 Å². The SMILES string of the molecule is COc1cc([C@H](N)[C@H](O)CCC(C)C)ccc1F. The second-order valence-corrected chi connectivity index (χ2v) is 4.96. The van der Waals surface area contributed by atoms with Gasteiger partial charge >= 0.3 is 0 Å². The van der Waals surface area contributed by atoms with Crippen molar-refractivity contribution in [2.45, 2.75) is 38.8 Å². The molecule has 0 aliphatic rings. The summed E-state index contributed by atoms with van der Waals surface area (Å²) >= 11 is 0. The van der Waals surface area contributed by atoms with Crippen molar-refractivity contribution in [1.29, 1.82) is 0 Å². The van der Waals surface area contributed by atoms with Gasteiger partial charge in [-0.2, -0.15) is 0 Å². The zero-order valence-electron chi connectivity index (χ0n) is 11.2. The first kappa shape index (κ1) is 14.9. The molecule has 1 rings (SSSR count). The fraction of sp³-hybridized carbons (Fsp3) is 0.571. The van der Waals surface area contributed by atoms with Crippen molar-refractivity contribution in [2.75, 3.05) is 7.11 Å². The van der Waals surface area contributed by atoms with Crippen LogP contribution in [-0.4, -0.2) is 18.3 Å². The van der Waals surface area contributed by atoms with E-state index in [9.17, 15) is 9.50 Å². The van der Waals surface area contributed by atoms with Crippen LogP contribution in [0.25, 0.3) is 0 Å². The molecule has 0 unspecified atom stereocenters. The van der Waals surface area contributed by atoms with E-state index < -0.39 is 18.0 Å². The summed E-state index contributed by atoms with van der Waals surface area (Å²) in [4.78, 5) is 0. The number of nitrogens with two attached hydrogens (primary N) is 1. The molecule has 3 nitrogen and oxygen atoms in total. The maximum absolute atomic E-state index is 13.3. The van der Waals surface area contributed by atoms with Crippen molar-refractivity contribution in [2.24, 2.45) is 11.7 Å². The Morgan fingerprint density at radius 3 is 2.56 bits per heavy atom.